The number of rotatable bonds is 4. The summed E-state index contributed by atoms with van der Waals surface area (Å²) >= 11 is 0. The van der Waals surface area contributed by atoms with Gasteiger partial charge in [0.15, 0.2) is 5.78 Å². The summed E-state index contributed by atoms with van der Waals surface area (Å²) in [4.78, 5) is 22.5. The third-order valence-electron chi connectivity index (χ3n) is 2.54. The van der Waals surface area contributed by atoms with E-state index >= 15 is 0 Å². The molecule has 0 aromatic heterocycles. The highest BCUT2D eigenvalue weighted by Crippen LogP contribution is 2.05. The van der Waals surface area contributed by atoms with Crippen LogP contribution in [0.1, 0.15) is 33.1 Å². The van der Waals surface area contributed by atoms with Crippen LogP contribution in [0.2, 0.25) is 0 Å². The molecule has 2 N–H and O–H groups in total. The summed E-state index contributed by atoms with van der Waals surface area (Å²) in [7, 11) is 0. The van der Waals surface area contributed by atoms with Gasteiger partial charge in [-0.2, -0.15) is 0 Å². The molecule has 1 heterocycles. The molecule has 0 radical (unpaired) electrons. The first-order chi connectivity index (χ1) is 6.65. The number of piperazine rings is 1. The van der Waals surface area contributed by atoms with Crippen molar-refractivity contribution in [2.75, 3.05) is 6.54 Å². The maximum Gasteiger partial charge on any atom is 0.237 e. The van der Waals surface area contributed by atoms with Gasteiger partial charge in [0.1, 0.15) is 0 Å². The number of nitrogens with one attached hydrogen (secondary N) is 2. The van der Waals surface area contributed by atoms with Gasteiger partial charge in [0.2, 0.25) is 5.91 Å². The molecule has 1 aliphatic heterocycles. The number of Topliss-reactive ketones (excluding diaryl/α,β-unsaturated/α-hetero) is 1. The topological polar surface area (TPSA) is 58.2 Å². The zero-order valence-corrected chi connectivity index (χ0v) is 8.80. The Kier molecular flexibility index (Phi) is 4.07. The van der Waals surface area contributed by atoms with E-state index in [0.717, 1.165) is 19.3 Å². The number of amides is 1. The molecule has 0 aliphatic carbocycles. The third kappa shape index (κ3) is 2.80. The second kappa shape index (κ2) is 5.10. The molecule has 1 saturated heterocycles. The van der Waals surface area contributed by atoms with Crippen LogP contribution in [0, 0.1) is 0 Å². The van der Waals surface area contributed by atoms with Crippen molar-refractivity contribution in [3.63, 3.8) is 0 Å². The number of carbonyl (C=O) groups is 2. The first kappa shape index (κ1) is 11.2. The lowest BCUT2D eigenvalue weighted by molar-refractivity contribution is -0.130. The molecule has 4 nitrogen and oxygen atoms in total. The van der Waals surface area contributed by atoms with Gasteiger partial charge in [-0.3, -0.25) is 9.59 Å². The van der Waals surface area contributed by atoms with Gasteiger partial charge < -0.3 is 10.6 Å². The molecule has 0 saturated carbocycles. The van der Waals surface area contributed by atoms with Gasteiger partial charge in [0, 0.05) is 6.54 Å². The van der Waals surface area contributed by atoms with Gasteiger partial charge in [0.05, 0.1) is 12.1 Å². The lowest BCUT2D eigenvalue weighted by Crippen LogP contribution is -2.60. The van der Waals surface area contributed by atoms with Crippen LogP contribution in [0.4, 0.5) is 0 Å². The van der Waals surface area contributed by atoms with Crippen molar-refractivity contribution >= 4 is 11.7 Å². The molecular weight excluding hydrogens is 180 g/mol. The van der Waals surface area contributed by atoms with Gasteiger partial charge in [-0.05, 0) is 13.3 Å². The van der Waals surface area contributed by atoms with E-state index in [2.05, 4.69) is 17.6 Å². The second-order valence-electron chi connectivity index (χ2n) is 3.77. The summed E-state index contributed by atoms with van der Waals surface area (Å²) in [5.41, 5.74) is 0. The molecule has 4 heteroatoms. The van der Waals surface area contributed by atoms with Crippen LogP contribution in [0.3, 0.4) is 0 Å². The van der Waals surface area contributed by atoms with E-state index in [1.807, 2.05) is 0 Å². The molecule has 0 bridgehead atoms. The molecule has 0 aromatic carbocycles. The van der Waals surface area contributed by atoms with Crippen molar-refractivity contribution < 1.29 is 9.59 Å². The molecule has 1 amide bonds. The predicted molar refractivity (Wildman–Crippen MR) is 53.9 cm³/mol. The number of ketones is 1. The summed E-state index contributed by atoms with van der Waals surface area (Å²) < 4.78 is 0. The Bertz CT molecular complexity index is 228. The van der Waals surface area contributed by atoms with E-state index < -0.39 is 0 Å². The Morgan fingerprint density at radius 1 is 1.57 bits per heavy atom. The highest BCUT2D eigenvalue weighted by atomic mass is 16.2. The van der Waals surface area contributed by atoms with E-state index in [-0.39, 0.29) is 23.8 Å². The standard InChI is InChI=1S/C10H18N2O2/c1-3-4-5-8-10(14)12-9(6-11-8)7(2)13/h8-9,11H,3-6H2,1-2H3,(H,12,14)/t8-,9?/m0/s1. The van der Waals surface area contributed by atoms with Crippen molar-refractivity contribution in [1.29, 1.82) is 0 Å². The molecule has 0 spiro atoms. The maximum absolute atomic E-state index is 11.5. The molecule has 0 aromatic rings. The van der Waals surface area contributed by atoms with Crippen LogP contribution in [-0.4, -0.2) is 30.3 Å². The monoisotopic (exact) mass is 198 g/mol. The Hall–Kier alpha value is -0.900. The highest BCUT2D eigenvalue weighted by molar-refractivity contribution is 5.91. The minimum Gasteiger partial charge on any atom is -0.344 e. The van der Waals surface area contributed by atoms with Crippen molar-refractivity contribution in [3.05, 3.63) is 0 Å². The number of carbonyl (C=O) groups excluding carboxylic acids is 2. The van der Waals surface area contributed by atoms with E-state index in [9.17, 15) is 9.59 Å². The molecule has 14 heavy (non-hydrogen) atoms. The van der Waals surface area contributed by atoms with Crippen molar-refractivity contribution in [1.82, 2.24) is 10.6 Å². The summed E-state index contributed by atoms with van der Waals surface area (Å²) in [5.74, 6) is -0.0234. The van der Waals surface area contributed by atoms with Crippen LogP contribution in [0.25, 0.3) is 0 Å². The van der Waals surface area contributed by atoms with Crippen LogP contribution >= 0.6 is 0 Å². The lowest BCUT2D eigenvalue weighted by Gasteiger charge is -2.28. The van der Waals surface area contributed by atoms with Gasteiger partial charge >= 0.3 is 0 Å². The first-order valence-corrected chi connectivity index (χ1v) is 5.19. The highest BCUT2D eigenvalue weighted by Gasteiger charge is 2.28. The molecule has 1 fully saturated rings. The zero-order chi connectivity index (χ0) is 10.6. The normalized spacial score (nSPS) is 27.1. The predicted octanol–water partition coefficient (Wildman–Crippen LogP) is 0.222. The quantitative estimate of drug-likeness (QED) is 0.679. The fourth-order valence-electron chi connectivity index (χ4n) is 1.56. The molecule has 1 aliphatic rings. The Labute approximate surface area is 84.4 Å². The van der Waals surface area contributed by atoms with Crippen molar-refractivity contribution in [2.24, 2.45) is 0 Å². The molecule has 1 rings (SSSR count). The number of hydrogen-bond acceptors (Lipinski definition) is 3. The molecule has 2 atom stereocenters. The van der Waals surface area contributed by atoms with Crippen LogP contribution in [-0.2, 0) is 9.59 Å². The Morgan fingerprint density at radius 3 is 2.79 bits per heavy atom. The van der Waals surface area contributed by atoms with E-state index in [1.165, 1.54) is 6.92 Å². The van der Waals surface area contributed by atoms with Crippen LogP contribution < -0.4 is 10.6 Å². The number of unbranched alkanes of at least 4 members (excludes halogenated alkanes) is 1. The summed E-state index contributed by atoms with van der Waals surface area (Å²) in [6.07, 6.45) is 2.98. The summed E-state index contributed by atoms with van der Waals surface area (Å²) in [5, 5.41) is 5.83. The van der Waals surface area contributed by atoms with E-state index in [0.29, 0.717) is 6.54 Å². The van der Waals surface area contributed by atoms with E-state index in [1.54, 1.807) is 0 Å². The van der Waals surface area contributed by atoms with Gasteiger partial charge in [-0.1, -0.05) is 19.8 Å². The van der Waals surface area contributed by atoms with Gasteiger partial charge in [-0.15, -0.1) is 0 Å². The molecule has 1 unspecified atom stereocenters. The van der Waals surface area contributed by atoms with E-state index in [4.69, 9.17) is 0 Å². The molecular formula is C10H18N2O2. The largest absolute Gasteiger partial charge is 0.344 e. The van der Waals surface area contributed by atoms with Crippen LogP contribution in [0.5, 0.6) is 0 Å². The Morgan fingerprint density at radius 2 is 2.29 bits per heavy atom. The third-order valence-corrected chi connectivity index (χ3v) is 2.54. The Balaban J connectivity index is 2.40. The average Bonchev–Trinajstić information content (AvgIpc) is 2.15. The first-order valence-electron chi connectivity index (χ1n) is 5.19. The lowest BCUT2D eigenvalue weighted by atomic mass is 10.0. The SMILES string of the molecule is CCCC[C@@H]1NCC(C(C)=O)NC1=O. The zero-order valence-electron chi connectivity index (χ0n) is 8.80. The van der Waals surface area contributed by atoms with Crippen molar-refractivity contribution in [3.8, 4) is 0 Å². The summed E-state index contributed by atoms with van der Waals surface area (Å²) in [6.45, 7) is 4.16. The fraction of sp³-hybridized carbons (Fsp3) is 0.800. The average molecular weight is 198 g/mol. The minimum absolute atomic E-state index is 0.0137. The molecule has 80 valence electrons. The van der Waals surface area contributed by atoms with Crippen molar-refractivity contribution in [2.45, 2.75) is 45.2 Å². The minimum atomic E-state index is -0.333. The van der Waals surface area contributed by atoms with Crippen LogP contribution in [0.15, 0.2) is 0 Å². The number of hydrogen-bond donors (Lipinski definition) is 2. The smallest absolute Gasteiger partial charge is 0.237 e. The van der Waals surface area contributed by atoms with Gasteiger partial charge in [-0.25, -0.2) is 0 Å². The fourth-order valence-corrected chi connectivity index (χ4v) is 1.56. The maximum atomic E-state index is 11.5. The summed E-state index contributed by atoms with van der Waals surface area (Å²) in [6, 6.07) is -0.439. The van der Waals surface area contributed by atoms with Gasteiger partial charge in [0.25, 0.3) is 0 Å². The second-order valence-corrected chi connectivity index (χ2v) is 3.77.